The van der Waals surface area contributed by atoms with Crippen molar-refractivity contribution in [2.45, 2.75) is 40.2 Å². The number of hydrogen-bond acceptors (Lipinski definition) is 5. The van der Waals surface area contributed by atoms with E-state index in [1.165, 1.54) is 11.9 Å². The summed E-state index contributed by atoms with van der Waals surface area (Å²) in [6.07, 6.45) is 0. The van der Waals surface area contributed by atoms with Crippen molar-refractivity contribution >= 4 is 28.7 Å². The molecule has 0 atom stereocenters. The molecule has 3 rings (SSSR count). The molecule has 0 aliphatic carbocycles. The Bertz CT molecular complexity index is 1240. The predicted molar refractivity (Wildman–Crippen MR) is 132 cm³/mol. The molecule has 0 aliphatic heterocycles. The van der Waals surface area contributed by atoms with Gasteiger partial charge < -0.3 is 15.0 Å². The number of para-hydroxylation sites is 1. The summed E-state index contributed by atoms with van der Waals surface area (Å²) in [5.74, 6) is -1.37. The van der Waals surface area contributed by atoms with Gasteiger partial charge in [-0.25, -0.2) is 9.78 Å². The normalized spacial score (nSPS) is 11.2. The molecule has 2 aromatic carbocycles. The van der Waals surface area contributed by atoms with Crippen LogP contribution in [0.5, 0.6) is 0 Å². The highest BCUT2D eigenvalue weighted by atomic mass is 16.5. The molecule has 2 amide bonds. The fraction of sp³-hybridized carbons (Fsp3) is 0.333. The second kappa shape index (κ2) is 10.0. The summed E-state index contributed by atoms with van der Waals surface area (Å²) in [5.41, 5.74) is 4.36. The monoisotopic (exact) mass is 461 g/mol. The number of nitrogens with one attached hydrogen (secondary N) is 1. The summed E-state index contributed by atoms with van der Waals surface area (Å²) in [4.78, 5) is 43.5. The molecule has 1 heterocycles. The zero-order chi connectivity index (χ0) is 25.0. The van der Waals surface area contributed by atoms with Gasteiger partial charge >= 0.3 is 5.97 Å². The minimum atomic E-state index is -0.620. The third kappa shape index (κ3) is 6.19. The van der Waals surface area contributed by atoms with E-state index < -0.39 is 24.0 Å². The van der Waals surface area contributed by atoms with Gasteiger partial charge in [0, 0.05) is 23.5 Å². The van der Waals surface area contributed by atoms with Gasteiger partial charge in [-0.1, -0.05) is 42.0 Å². The summed E-state index contributed by atoms with van der Waals surface area (Å²) in [6.45, 7) is 9.02. The molecule has 0 bridgehead atoms. The third-order valence-corrected chi connectivity index (χ3v) is 5.24. The predicted octanol–water partition coefficient (Wildman–Crippen LogP) is 4.05. The summed E-state index contributed by atoms with van der Waals surface area (Å²) < 4.78 is 5.35. The first-order valence-corrected chi connectivity index (χ1v) is 11.1. The maximum Gasteiger partial charge on any atom is 0.339 e. The van der Waals surface area contributed by atoms with Crippen molar-refractivity contribution in [2.24, 2.45) is 0 Å². The average Bonchev–Trinajstić information content (AvgIpc) is 2.75. The molecule has 7 nitrogen and oxygen atoms in total. The molecule has 0 aliphatic rings. The first kappa shape index (κ1) is 24.9. The zero-order valence-electron chi connectivity index (χ0n) is 20.6. The Morgan fingerprint density at radius 2 is 1.74 bits per heavy atom. The van der Waals surface area contributed by atoms with Gasteiger partial charge in [0.2, 0.25) is 5.91 Å². The van der Waals surface area contributed by atoms with Gasteiger partial charge in [-0.05, 0) is 52.3 Å². The number of hydrogen-bond donors (Lipinski definition) is 1. The van der Waals surface area contributed by atoms with Crippen molar-refractivity contribution in [3.05, 3.63) is 65.2 Å². The van der Waals surface area contributed by atoms with Crippen LogP contribution in [0.25, 0.3) is 22.2 Å². The Morgan fingerprint density at radius 3 is 2.41 bits per heavy atom. The number of ether oxygens (including phenoxy) is 1. The highest BCUT2D eigenvalue weighted by Crippen LogP contribution is 2.28. The van der Waals surface area contributed by atoms with Gasteiger partial charge in [-0.15, -0.1) is 0 Å². The van der Waals surface area contributed by atoms with Crippen molar-refractivity contribution in [2.75, 3.05) is 20.2 Å². The van der Waals surface area contributed by atoms with Crippen molar-refractivity contribution in [1.29, 1.82) is 0 Å². The number of likely N-dealkylation sites (N-methyl/N-ethyl adjacent to an activating group) is 1. The average molecular weight is 462 g/mol. The Kier molecular flexibility index (Phi) is 7.35. The lowest BCUT2D eigenvalue weighted by molar-refractivity contribution is -0.137. The number of carbonyl (C=O) groups is 3. The van der Waals surface area contributed by atoms with E-state index in [2.05, 4.69) is 11.4 Å². The van der Waals surface area contributed by atoms with E-state index in [0.717, 1.165) is 16.7 Å². The molecule has 1 aromatic heterocycles. The molecule has 34 heavy (non-hydrogen) atoms. The SMILES string of the molecule is Cc1ccc(-c2cc(C(=O)OCC(=O)N(C)CC(=O)NC(C)(C)C)c3ccccc3n2)c(C)c1. The van der Waals surface area contributed by atoms with E-state index in [4.69, 9.17) is 9.72 Å². The topological polar surface area (TPSA) is 88.6 Å². The number of aromatic nitrogens is 1. The maximum atomic E-state index is 13.0. The van der Waals surface area contributed by atoms with E-state index in [9.17, 15) is 14.4 Å². The molecule has 0 saturated heterocycles. The Morgan fingerprint density at radius 1 is 1.03 bits per heavy atom. The number of aryl methyl sites for hydroxylation is 2. The van der Waals surface area contributed by atoms with Gasteiger partial charge in [-0.3, -0.25) is 9.59 Å². The van der Waals surface area contributed by atoms with Gasteiger partial charge in [0.15, 0.2) is 6.61 Å². The number of nitrogens with zero attached hydrogens (tertiary/aromatic N) is 2. The van der Waals surface area contributed by atoms with Crippen LogP contribution in [-0.4, -0.2) is 53.4 Å². The maximum absolute atomic E-state index is 13.0. The standard InChI is InChI=1S/C27H31N3O4/c1-17-11-12-19(18(2)13-17)23-14-21(20-9-7-8-10-22(20)28-23)26(33)34-16-25(32)30(6)15-24(31)29-27(3,4)5/h7-14H,15-16H2,1-6H3,(H,29,31). The van der Waals surface area contributed by atoms with E-state index >= 15 is 0 Å². The molecule has 0 fully saturated rings. The van der Waals surface area contributed by atoms with Crippen LogP contribution in [0.2, 0.25) is 0 Å². The number of rotatable bonds is 6. The first-order valence-electron chi connectivity index (χ1n) is 11.1. The summed E-state index contributed by atoms with van der Waals surface area (Å²) >= 11 is 0. The van der Waals surface area contributed by atoms with Crippen LogP contribution in [0, 0.1) is 13.8 Å². The molecule has 3 aromatic rings. The fourth-order valence-electron chi connectivity index (χ4n) is 3.66. The van der Waals surface area contributed by atoms with Gasteiger partial charge in [-0.2, -0.15) is 0 Å². The molecular formula is C27H31N3O4. The van der Waals surface area contributed by atoms with E-state index in [1.54, 1.807) is 12.1 Å². The minimum absolute atomic E-state index is 0.122. The summed E-state index contributed by atoms with van der Waals surface area (Å²) in [7, 11) is 1.50. The minimum Gasteiger partial charge on any atom is -0.452 e. The molecule has 178 valence electrons. The van der Waals surface area contributed by atoms with Crippen LogP contribution in [0.15, 0.2) is 48.5 Å². The smallest absolute Gasteiger partial charge is 0.339 e. The van der Waals surface area contributed by atoms with Crippen LogP contribution < -0.4 is 5.32 Å². The lowest BCUT2D eigenvalue weighted by Gasteiger charge is -2.23. The molecule has 0 spiro atoms. The van der Waals surface area contributed by atoms with Crippen LogP contribution in [-0.2, 0) is 14.3 Å². The second-order valence-electron chi connectivity index (χ2n) is 9.51. The fourth-order valence-corrected chi connectivity index (χ4v) is 3.66. The number of pyridine rings is 1. The van der Waals surface area contributed by atoms with Gasteiger partial charge in [0.25, 0.3) is 5.91 Å². The summed E-state index contributed by atoms with van der Waals surface area (Å²) in [5, 5.41) is 3.44. The Balaban J connectivity index is 1.79. The number of carbonyl (C=O) groups excluding carboxylic acids is 3. The Labute approximate surface area is 200 Å². The van der Waals surface area contributed by atoms with Gasteiger partial charge in [0.1, 0.15) is 0 Å². The molecule has 0 unspecified atom stereocenters. The third-order valence-electron chi connectivity index (χ3n) is 5.24. The number of fused-ring (bicyclic) bond motifs is 1. The second-order valence-corrected chi connectivity index (χ2v) is 9.51. The Hall–Kier alpha value is -3.74. The number of amides is 2. The lowest BCUT2D eigenvalue weighted by atomic mass is 9.99. The number of benzene rings is 2. The molecular weight excluding hydrogens is 430 g/mol. The van der Waals surface area contributed by atoms with Crippen molar-refractivity contribution in [3.63, 3.8) is 0 Å². The molecule has 1 N–H and O–H groups in total. The molecule has 0 radical (unpaired) electrons. The van der Waals surface area contributed by atoms with Crippen LogP contribution in [0.4, 0.5) is 0 Å². The van der Waals surface area contributed by atoms with Crippen LogP contribution in [0.1, 0.15) is 42.3 Å². The van der Waals surface area contributed by atoms with Crippen LogP contribution >= 0.6 is 0 Å². The van der Waals surface area contributed by atoms with Crippen LogP contribution in [0.3, 0.4) is 0 Å². The summed E-state index contributed by atoms with van der Waals surface area (Å²) in [6, 6.07) is 15.1. The largest absolute Gasteiger partial charge is 0.452 e. The zero-order valence-corrected chi connectivity index (χ0v) is 20.6. The quantitative estimate of drug-likeness (QED) is 0.560. The highest BCUT2D eigenvalue weighted by Gasteiger charge is 2.21. The number of esters is 1. The van der Waals surface area contributed by atoms with Gasteiger partial charge in [0.05, 0.1) is 23.3 Å². The van der Waals surface area contributed by atoms with E-state index in [0.29, 0.717) is 22.2 Å². The van der Waals surface area contributed by atoms with Crippen molar-refractivity contribution in [3.8, 4) is 11.3 Å². The first-order chi connectivity index (χ1) is 15.9. The lowest BCUT2D eigenvalue weighted by Crippen LogP contribution is -2.46. The molecule has 0 saturated carbocycles. The van der Waals surface area contributed by atoms with Crippen molar-refractivity contribution < 1.29 is 19.1 Å². The van der Waals surface area contributed by atoms with E-state index in [1.807, 2.05) is 65.0 Å². The highest BCUT2D eigenvalue weighted by molar-refractivity contribution is 6.05. The van der Waals surface area contributed by atoms with E-state index in [-0.39, 0.29) is 12.5 Å². The van der Waals surface area contributed by atoms with Crippen molar-refractivity contribution in [1.82, 2.24) is 15.2 Å². The molecule has 7 heteroatoms.